The zero-order valence-corrected chi connectivity index (χ0v) is 19.8. The molecule has 0 aliphatic rings. The summed E-state index contributed by atoms with van der Waals surface area (Å²) >= 11 is 1.39. The lowest BCUT2D eigenvalue weighted by Crippen LogP contribution is -2.58. The Morgan fingerprint density at radius 1 is 0.941 bits per heavy atom. The van der Waals surface area contributed by atoms with Crippen LogP contribution in [0.25, 0.3) is 0 Å². The molecule has 0 saturated heterocycles. The molecule has 1 rings (SSSR count). The van der Waals surface area contributed by atoms with E-state index in [4.69, 9.17) is 11.5 Å². The molecule has 34 heavy (non-hydrogen) atoms. The third kappa shape index (κ3) is 10.1. The number of hydrogen-bond acceptors (Lipinski definition) is 8. The van der Waals surface area contributed by atoms with Gasteiger partial charge in [0, 0.05) is 6.42 Å². The number of carboxylic acid groups (broad SMARTS) is 1. The van der Waals surface area contributed by atoms with Gasteiger partial charge in [-0.2, -0.15) is 11.8 Å². The van der Waals surface area contributed by atoms with Crippen molar-refractivity contribution >= 4 is 41.4 Å². The first-order chi connectivity index (χ1) is 15.9. The van der Waals surface area contributed by atoms with Crippen molar-refractivity contribution in [2.45, 2.75) is 50.4 Å². The molecule has 0 saturated carbocycles. The minimum Gasteiger partial charge on any atom is -0.508 e. The Kier molecular flexibility index (Phi) is 11.9. The van der Waals surface area contributed by atoms with E-state index >= 15 is 0 Å². The Morgan fingerprint density at radius 3 is 1.97 bits per heavy atom. The number of phenols is 1. The molecule has 13 heteroatoms. The maximum Gasteiger partial charge on any atom is 0.326 e. The lowest BCUT2D eigenvalue weighted by Gasteiger charge is -2.24. The van der Waals surface area contributed by atoms with E-state index < -0.39 is 60.2 Å². The highest BCUT2D eigenvalue weighted by atomic mass is 32.2. The number of carboxylic acids is 1. The van der Waals surface area contributed by atoms with Crippen LogP contribution in [0, 0.1) is 0 Å². The van der Waals surface area contributed by atoms with Gasteiger partial charge in [-0.15, -0.1) is 0 Å². The average Bonchev–Trinajstić information content (AvgIpc) is 2.76. The predicted molar refractivity (Wildman–Crippen MR) is 126 cm³/mol. The number of carbonyl (C=O) groups excluding carboxylic acids is 4. The van der Waals surface area contributed by atoms with Gasteiger partial charge in [0.1, 0.15) is 23.9 Å². The number of amides is 4. The SMILES string of the molecule is CSCCC(NC(=O)C(CC(N)=O)NC(=O)C(Cc1ccc(O)cc1)NC(=O)C(C)N)C(=O)O. The van der Waals surface area contributed by atoms with E-state index in [1.54, 1.807) is 18.4 Å². The molecule has 0 fully saturated rings. The Hall–Kier alpha value is -3.32. The zero-order valence-electron chi connectivity index (χ0n) is 18.9. The molecule has 9 N–H and O–H groups in total. The van der Waals surface area contributed by atoms with Crippen LogP contribution < -0.4 is 27.4 Å². The van der Waals surface area contributed by atoms with Gasteiger partial charge in [-0.1, -0.05) is 12.1 Å². The lowest BCUT2D eigenvalue weighted by molar-refractivity contribution is -0.142. The molecule has 0 aliphatic heterocycles. The number of nitrogens with two attached hydrogens (primary N) is 2. The van der Waals surface area contributed by atoms with Crippen molar-refractivity contribution in [3.63, 3.8) is 0 Å². The smallest absolute Gasteiger partial charge is 0.326 e. The van der Waals surface area contributed by atoms with Gasteiger partial charge in [0.15, 0.2) is 0 Å². The van der Waals surface area contributed by atoms with Crippen molar-refractivity contribution in [2.75, 3.05) is 12.0 Å². The summed E-state index contributed by atoms with van der Waals surface area (Å²) < 4.78 is 0. The second-order valence-corrected chi connectivity index (χ2v) is 8.62. The summed E-state index contributed by atoms with van der Waals surface area (Å²) in [6, 6.07) is 1.11. The van der Waals surface area contributed by atoms with E-state index in [9.17, 15) is 34.2 Å². The number of aliphatic carboxylic acids is 1. The lowest BCUT2D eigenvalue weighted by atomic mass is 10.0. The molecule has 1 aromatic rings. The van der Waals surface area contributed by atoms with Crippen LogP contribution in [0.4, 0.5) is 0 Å². The van der Waals surface area contributed by atoms with Crippen LogP contribution in [0.5, 0.6) is 5.75 Å². The van der Waals surface area contributed by atoms with Crippen LogP contribution in [0.15, 0.2) is 24.3 Å². The average molecular weight is 498 g/mol. The third-order valence-corrected chi connectivity index (χ3v) is 5.33. The molecule has 0 aromatic heterocycles. The molecule has 0 spiro atoms. The van der Waals surface area contributed by atoms with E-state index in [2.05, 4.69) is 16.0 Å². The number of phenolic OH excluding ortho intramolecular Hbond substituents is 1. The number of benzene rings is 1. The first-order valence-corrected chi connectivity index (χ1v) is 11.8. The largest absolute Gasteiger partial charge is 0.508 e. The van der Waals surface area contributed by atoms with Gasteiger partial charge in [0.05, 0.1) is 12.5 Å². The topological polar surface area (TPSA) is 214 Å². The van der Waals surface area contributed by atoms with E-state index in [1.807, 2.05) is 0 Å². The van der Waals surface area contributed by atoms with Crippen LogP contribution in [-0.4, -0.2) is 76.0 Å². The number of rotatable bonds is 14. The van der Waals surface area contributed by atoms with Crippen molar-refractivity contribution in [1.82, 2.24) is 16.0 Å². The van der Waals surface area contributed by atoms with Crippen LogP contribution in [0.2, 0.25) is 0 Å². The molecule has 0 radical (unpaired) electrons. The summed E-state index contributed by atoms with van der Waals surface area (Å²) in [4.78, 5) is 60.8. The molecule has 0 heterocycles. The fourth-order valence-electron chi connectivity index (χ4n) is 2.83. The van der Waals surface area contributed by atoms with Gasteiger partial charge in [0.25, 0.3) is 0 Å². The summed E-state index contributed by atoms with van der Waals surface area (Å²) in [7, 11) is 0. The minimum atomic E-state index is -1.46. The van der Waals surface area contributed by atoms with Crippen molar-refractivity contribution in [3.05, 3.63) is 29.8 Å². The Labute approximate surface area is 201 Å². The number of primary amides is 1. The molecule has 4 atom stereocenters. The van der Waals surface area contributed by atoms with Crippen molar-refractivity contribution in [2.24, 2.45) is 11.5 Å². The highest BCUT2D eigenvalue weighted by molar-refractivity contribution is 7.98. The summed E-state index contributed by atoms with van der Waals surface area (Å²) in [5.41, 5.74) is 11.4. The number of aromatic hydroxyl groups is 1. The second-order valence-electron chi connectivity index (χ2n) is 7.63. The van der Waals surface area contributed by atoms with Gasteiger partial charge < -0.3 is 37.6 Å². The monoisotopic (exact) mass is 497 g/mol. The second kappa shape index (κ2) is 14.1. The molecule has 1 aromatic carbocycles. The maximum absolute atomic E-state index is 13.0. The first-order valence-electron chi connectivity index (χ1n) is 10.4. The summed E-state index contributed by atoms with van der Waals surface area (Å²) in [6.07, 6.45) is 1.32. The quantitative estimate of drug-likeness (QED) is 0.158. The van der Waals surface area contributed by atoms with Gasteiger partial charge in [-0.3, -0.25) is 19.2 Å². The van der Waals surface area contributed by atoms with E-state index in [1.165, 1.54) is 30.8 Å². The number of carbonyl (C=O) groups is 5. The molecule has 0 bridgehead atoms. The standard InChI is InChI=1S/C21H31N5O7S/c1-11(22)18(29)25-15(9-12-3-5-13(27)6-4-12)19(30)26-16(10-17(23)28)20(31)24-14(21(32)33)7-8-34-2/h3-6,11,14-16,27H,7-10,22H2,1-2H3,(H2,23,28)(H,24,31)(H,25,29)(H,26,30)(H,32,33). The Morgan fingerprint density at radius 2 is 1.47 bits per heavy atom. The van der Waals surface area contributed by atoms with Crippen molar-refractivity contribution < 1.29 is 34.2 Å². The molecule has 4 unspecified atom stereocenters. The summed E-state index contributed by atoms with van der Waals surface area (Å²) in [6.45, 7) is 1.43. The van der Waals surface area contributed by atoms with Crippen LogP contribution in [0.1, 0.15) is 25.3 Å². The molecular weight excluding hydrogens is 466 g/mol. The number of hydrogen-bond donors (Lipinski definition) is 7. The molecule has 0 aliphatic carbocycles. The number of nitrogens with one attached hydrogen (secondary N) is 3. The van der Waals surface area contributed by atoms with Gasteiger partial charge in [0.2, 0.25) is 23.6 Å². The molecule has 12 nitrogen and oxygen atoms in total. The number of thioether (sulfide) groups is 1. The van der Waals surface area contributed by atoms with E-state index in [0.717, 1.165) is 0 Å². The maximum atomic E-state index is 13.0. The van der Waals surface area contributed by atoms with Crippen molar-refractivity contribution in [3.8, 4) is 5.75 Å². The van der Waals surface area contributed by atoms with Crippen LogP contribution in [-0.2, 0) is 30.4 Å². The summed E-state index contributed by atoms with van der Waals surface area (Å²) in [5.74, 6) is -4.02. The molecule has 188 valence electrons. The highest BCUT2D eigenvalue weighted by Gasteiger charge is 2.31. The fraction of sp³-hybridized carbons (Fsp3) is 0.476. The van der Waals surface area contributed by atoms with Crippen LogP contribution >= 0.6 is 11.8 Å². The zero-order chi connectivity index (χ0) is 25.8. The van der Waals surface area contributed by atoms with Crippen molar-refractivity contribution in [1.29, 1.82) is 0 Å². The van der Waals surface area contributed by atoms with E-state index in [0.29, 0.717) is 11.3 Å². The molecule has 4 amide bonds. The van der Waals surface area contributed by atoms with Gasteiger partial charge in [-0.05, 0) is 43.0 Å². The normalized spacial score (nSPS) is 14.2. The third-order valence-electron chi connectivity index (χ3n) is 4.69. The fourth-order valence-corrected chi connectivity index (χ4v) is 3.30. The highest BCUT2D eigenvalue weighted by Crippen LogP contribution is 2.12. The molecular formula is C21H31N5O7S. The van der Waals surface area contributed by atoms with Gasteiger partial charge in [-0.25, -0.2) is 4.79 Å². The Balaban J connectivity index is 3.07. The Bertz CT molecular complexity index is 879. The van der Waals surface area contributed by atoms with E-state index in [-0.39, 0.29) is 18.6 Å². The first kappa shape index (κ1) is 28.7. The summed E-state index contributed by atoms with van der Waals surface area (Å²) in [5, 5.41) is 25.9. The van der Waals surface area contributed by atoms with Gasteiger partial charge >= 0.3 is 5.97 Å². The predicted octanol–water partition coefficient (Wildman–Crippen LogP) is -1.55. The van der Waals surface area contributed by atoms with Crippen LogP contribution in [0.3, 0.4) is 0 Å². The minimum absolute atomic E-state index is 0.0111.